The highest BCUT2D eigenvalue weighted by Crippen LogP contribution is 2.37. The molecule has 0 aliphatic carbocycles. The van der Waals surface area contributed by atoms with Crippen molar-refractivity contribution >= 4 is 22.4 Å². The predicted octanol–water partition coefficient (Wildman–Crippen LogP) is 2.82. The Labute approximate surface area is 117 Å². The van der Waals surface area contributed by atoms with Gasteiger partial charge in [0.05, 0.1) is 5.56 Å². The first-order chi connectivity index (χ1) is 9.03. The third-order valence-electron chi connectivity index (χ3n) is 2.94. The van der Waals surface area contributed by atoms with Gasteiger partial charge >= 0.3 is 0 Å². The van der Waals surface area contributed by atoms with Crippen molar-refractivity contribution in [1.29, 1.82) is 0 Å². The van der Waals surface area contributed by atoms with E-state index in [4.69, 9.17) is 5.73 Å². The summed E-state index contributed by atoms with van der Waals surface area (Å²) >= 11 is 1.35. The fourth-order valence-corrected chi connectivity index (χ4v) is 2.41. The summed E-state index contributed by atoms with van der Waals surface area (Å²) in [5, 5.41) is 13.6. The number of nitrogen functional groups attached to an aromatic ring is 1. The van der Waals surface area contributed by atoms with Crippen molar-refractivity contribution in [3.05, 3.63) is 30.3 Å². The number of aliphatic hydroxyl groups excluding tert-OH is 1. The molecule has 0 spiro atoms. The van der Waals surface area contributed by atoms with Crippen LogP contribution in [0.3, 0.4) is 0 Å². The van der Waals surface area contributed by atoms with Crippen LogP contribution in [0.4, 0.5) is 10.8 Å². The molecule has 1 aromatic carbocycles. The third-order valence-corrected chi connectivity index (χ3v) is 3.76. The number of aromatic nitrogens is 1. The average Bonchev–Trinajstić information content (AvgIpc) is 2.79. The number of nitrogens with zero attached hydrogens (tertiary/aromatic N) is 1. The average molecular weight is 277 g/mol. The molecule has 0 aliphatic heterocycles. The molecule has 0 aliphatic rings. The number of rotatable bonds is 5. The van der Waals surface area contributed by atoms with Crippen molar-refractivity contribution in [1.82, 2.24) is 4.37 Å². The summed E-state index contributed by atoms with van der Waals surface area (Å²) in [7, 11) is 0. The van der Waals surface area contributed by atoms with Gasteiger partial charge in [0.1, 0.15) is 10.8 Å². The second-order valence-electron chi connectivity index (χ2n) is 5.31. The molecule has 2 rings (SSSR count). The maximum atomic E-state index is 9.29. The van der Waals surface area contributed by atoms with Crippen LogP contribution < -0.4 is 11.1 Å². The maximum Gasteiger partial charge on any atom is 0.147 e. The van der Waals surface area contributed by atoms with E-state index in [1.54, 1.807) is 0 Å². The summed E-state index contributed by atoms with van der Waals surface area (Å²) in [5.74, 6) is 0.542. The van der Waals surface area contributed by atoms with Crippen molar-refractivity contribution in [2.75, 3.05) is 24.2 Å². The molecule has 19 heavy (non-hydrogen) atoms. The van der Waals surface area contributed by atoms with E-state index in [1.165, 1.54) is 11.5 Å². The lowest BCUT2D eigenvalue weighted by Crippen LogP contribution is -2.26. The van der Waals surface area contributed by atoms with E-state index in [0.29, 0.717) is 12.4 Å². The second-order valence-corrected chi connectivity index (χ2v) is 6.09. The highest BCUT2D eigenvalue weighted by molar-refractivity contribution is 7.11. The van der Waals surface area contributed by atoms with Gasteiger partial charge in [-0.3, -0.25) is 0 Å². The van der Waals surface area contributed by atoms with E-state index in [-0.39, 0.29) is 12.0 Å². The van der Waals surface area contributed by atoms with Crippen molar-refractivity contribution in [3.63, 3.8) is 0 Å². The van der Waals surface area contributed by atoms with Crippen molar-refractivity contribution in [3.8, 4) is 11.1 Å². The zero-order valence-corrected chi connectivity index (χ0v) is 12.0. The van der Waals surface area contributed by atoms with Crippen LogP contribution in [0.25, 0.3) is 11.1 Å². The number of aliphatic hydroxyl groups is 1. The van der Waals surface area contributed by atoms with Crippen LogP contribution in [0.1, 0.15) is 13.8 Å². The number of anilines is 2. The molecule has 0 atom stereocenters. The summed E-state index contributed by atoms with van der Waals surface area (Å²) in [6.07, 6.45) is 0. The molecule has 0 radical (unpaired) electrons. The SMILES string of the molecule is CC(C)(CO)CNc1snc(N)c1-c1ccccc1. The minimum atomic E-state index is -0.174. The molecule has 0 saturated heterocycles. The van der Waals surface area contributed by atoms with E-state index in [0.717, 1.165) is 16.1 Å². The Morgan fingerprint density at radius 1 is 1.32 bits per heavy atom. The van der Waals surface area contributed by atoms with Gasteiger partial charge in [0.2, 0.25) is 0 Å². The van der Waals surface area contributed by atoms with Gasteiger partial charge in [0.25, 0.3) is 0 Å². The first-order valence-corrected chi connectivity index (χ1v) is 6.96. The van der Waals surface area contributed by atoms with Crippen LogP contribution in [0.5, 0.6) is 0 Å². The lowest BCUT2D eigenvalue weighted by molar-refractivity contribution is 0.171. The minimum absolute atomic E-state index is 0.134. The minimum Gasteiger partial charge on any atom is -0.396 e. The molecule has 0 fully saturated rings. The molecule has 102 valence electrons. The van der Waals surface area contributed by atoms with Gasteiger partial charge in [-0.15, -0.1) is 0 Å². The molecule has 4 N–H and O–H groups in total. The van der Waals surface area contributed by atoms with Gasteiger partial charge in [0, 0.05) is 18.6 Å². The highest BCUT2D eigenvalue weighted by atomic mass is 32.1. The second kappa shape index (κ2) is 5.59. The highest BCUT2D eigenvalue weighted by Gasteiger charge is 2.19. The summed E-state index contributed by atoms with van der Waals surface area (Å²) in [6.45, 7) is 4.82. The fourth-order valence-electron chi connectivity index (χ4n) is 1.68. The van der Waals surface area contributed by atoms with Gasteiger partial charge in [-0.2, -0.15) is 4.37 Å². The summed E-state index contributed by atoms with van der Waals surface area (Å²) in [6, 6.07) is 9.97. The van der Waals surface area contributed by atoms with Gasteiger partial charge in [-0.05, 0) is 17.1 Å². The summed E-state index contributed by atoms with van der Waals surface area (Å²) in [5.41, 5.74) is 7.78. The van der Waals surface area contributed by atoms with Gasteiger partial charge in [0.15, 0.2) is 0 Å². The molecule has 0 saturated carbocycles. The van der Waals surface area contributed by atoms with Gasteiger partial charge in [-0.1, -0.05) is 44.2 Å². The molecule has 1 heterocycles. The number of hydrogen-bond donors (Lipinski definition) is 3. The number of nitrogens with two attached hydrogens (primary N) is 1. The molecule has 1 aromatic heterocycles. The third kappa shape index (κ3) is 3.24. The van der Waals surface area contributed by atoms with Crippen molar-refractivity contribution in [2.45, 2.75) is 13.8 Å². The quantitative estimate of drug-likeness (QED) is 0.786. The molecular formula is C14H19N3OS. The molecule has 0 unspecified atom stereocenters. The lowest BCUT2D eigenvalue weighted by atomic mass is 9.95. The number of hydrogen-bond acceptors (Lipinski definition) is 5. The predicted molar refractivity (Wildman–Crippen MR) is 81.3 cm³/mol. The Morgan fingerprint density at radius 2 is 2.00 bits per heavy atom. The zero-order valence-electron chi connectivity index (χ0n) is 11.2. The van der Waals surface area contributed by atoms with Crippen LogP contribution >= 0.6 is 11.5 Å². The summed E-state index contributed by atoms with van der Waals surface area (Å²) < 4.78 is 4.21. The standard InChI is InChI=1S/C14H19N3OS/c1-14(2,9-18)8-16-13-11(12(15)17-19-13)10-6-4-3-5-7-10/h3-7,16,18H,8-9H2,1-2H3,(H2,15,17). The molecule has 2 aromatic rings. The topological polar surface area (TPSA) is 71.2 Å². The lowest BCUT2D eigenvalue weighted by Gasteiger charge is -2.22. The van der Waals surface area contributed by atoms with E-state index >= 15 is 0 Å². The van der Waals surface area contributed by atoms with Gasteiger partial charge in [-0.25, -0.2) is 0 Å². The van der Waals surface area contributed by atoms with Crippen molar-refractivity contribution in [2.24, 2.45) is 5.41 Å². The van der Waals surface area contributed by atoms with Crippen LogP contribution in [-0.2, 0) is 0 Å². The summed E-state index contributed by atoms with van der Waals surface area (Å²) in [4.78, 5) is 0. The molecule has 4 nitrogen and oxygen atoms in total. The Hall–Kier alpha value is -1.59. The molecule has 5 heteroatoms. The Morgan fingerprint density at radius 3 is 2.63 bits per heavy atom. The van der Waals surface area contributed by atoms with Gasteiger partial charge < -0.3 is 16.2 Å². The Bertz CT molecular complexity index is 537. The van der Waals surface area contributed by atoms with E-state index in [9.17, 15) is 5.11 Å². The first kappa shape index (κ1) is 13.8. The first-order valence-electron chi connectivity index (χ1n) is 6.19. The van der Waals surface area contributed by atoms with E-state index < -0.39 is 0 Å². The zero-order chi connectivity index (χ0) is 13.9. The van der Waals surface area contributed by atoms with Crippen LogP contribution in [0, 0.1) is 5.41 Å². The van der Waals surface area contributed by atoms with Crippen LogP contribution in [-0.4, -0.2) is 22.6 Å². The molecule has 0 amide bonds. The van der Waals surface area contributed by atoms with Crippen molar-refractivity contribution < 1.29 is 5.11 Å². The molecule has 0 bridgehead atoms. The fraction of sp³-hybridized carbons (Fsp3) is 0.357. The van der Waals surface area contributed by atoms with E-state index in [2.05, 4.69) is 9.69 Å². The smallest absolute Gasteiger partial charge is 0.147 e. The van der Waals surface area contributed by atoms with Crippen LogP contribution in [0.2, 0.25) is 0 Å². The largest absolute Gasteiger partial charge is 0.396 e. The molecular weight excluding hydrogens is 258 g/mol. The number of benzene rings is 1. The monoisotopic (exact) mass is 277 g/mol. The Kier molecular flexibility index (Phi) is 4.07. The maximum absolute atomic E-state index is 9.29. The van der Waals surface area contributed by atoms with Crippen LogP contribution in [0.15, 0.2) is 30.3 Å². The number of nitrogens with one attached hydrogen (secondary N) is 1. The van der Waals surface area contributed by atoms with E-state index in [1.807, 2.05) is 44.2 Å². The normalized spacial score (nSPS) is 11.5. The Balaban J connectivity index is 2.24.